The van der Waals surface area contributed by atoms with Gasteiger partial charge in [-0.25, -0.2) is 14.4 Å². The van der Waals surface area contributed by atoms with E-state index in [1.54, 1.807) is 18.1 Å². The maximum Gasteiger partial charge on any atom is 0.257 e. The van der Waals surface area contributed by atoms with Crippen molar-refractivity contribution in [3.05, 3.63) is 42.1 Å². The number of carbonyl (C=O) groups is 1. The zero-order chi connectivity index (χ0) is 21.3. The lowest BCUT2D eigenvalue weighted by molar-refractivity contribution is 0.0751. The number of nitrogens with one attached hydrogen (secondary N) is 1. The number of piperidine rings is 1. The molecule has 3 heterocycles. The van der Waals surface area contributed by atoms with Gasteiger partial charge in [-0.3, -0.25) is 4.79 Å². The minimum Gasteiger partial charge on any atom is -0.451 e. The van der Waals surface area contributed by atoms with Crippen LogP contribution in [0.2, 0.25) is 0 Å². The van der Waals surface area contributed by atoms with Crippen LogP contribution in [0.4, 0.5) is 10.2 Å². The molecule has 0 aliphatic carbocycles. The summed E-state index contributed by atoms with van der Waals surface area (Å²) in [4.78, 5) is 25.1. The molecule has 1 amide bonds. The van der Waals surface area contributed by atoms with Gasteiger partial charge in [0.25, 0.3) is 5.91 Å². The van der Waals surface area contributed by atoms with Crippen LogP contribution in [0.25, 0.3) is 0 Å². The highest BCUT2D eigenvalue weighted by Crippen LogP contribution is 2.43. The molecule has 1 aromatic carbocycles. The second kappa shape index (κ2) is 9.36. The quantitative estimate of drug-likeness (QED) is 0.753. The van der Waals surface area contributed by atoms with Crippen LogP contribution in [0.3, 0.4) is 0 Å². The van der Waals surface area contributed by atoms with E-state index in [4.69, 9.17) is 4.74 Å². The molecule has 31 heavy (non-hydrogen) atoms. The minimum atomic E-state index is -0.483. The maximum atomic E-state index is 13.9. The van der Waals surface area contributed by atoms with Crippen molar-refractivity contribution in [3.63, 3.8) is 0 Å². The molecule has 0 saturated carbocycles. The number of hydrogen-bond acceptors (Lipinski definition) is 6. The van der Waals surface area contributed by atoms with Gasteiger partial charge in [-0.1, -0.05) is 0 Å². The Morgan fingerprint density at radius 1 is 1.26 bits per heavy atom. The average Bonchev–Trinajstić information content (AvgIpc) is 2.73. The number of rotatable bonds is 5. The molecule has 0 bridgehead atoms. The number of nitrogens with zero attached hydrogens (tertiary/aromatic N) is 4. The lowest BCUT2D eigenvalue weighted by Crippen LogP contribution is -2.60. The summed E-state index contributed by atoms with van der Waals surface area (Å²) in [5, 5.41) is 3.41. The van der Waals surface area contributed by atoms with Crippen molar-refractivity contribution < 1.29 is 13.9 Å². The number of benzene rings is 1. The van der Waals surface area contributed by atoms with Crippen molar-refractivity contribution in [2.24, 2.45) is 5.41 Å². The Balaban J connectivity index is 0.00000272. The van der Waals surface area contributed by atoms with Gasteiger partial charge < -0.3 is 19.9 Å². The molecule has 0 radical (unpaired) electrons. The Hall–Kier alpha value is -2.45. The van der Waals surface area contributed by atoms with E-state index in [1.807, 2.05) is 13.8 Å². The van der Waals surface area contributed by atoms with Crippen molar-refractivity contribution >= 4 is 24.1 Å². The van der Waals surface area contributed by atoms with Crippen molar-refractivity contribution in [1.82, 2.24) is 20.2 Å². The summed E-state index contributed by atoms with van der Waals surface area (Å²) in [5.74, 6) is 0.684. The number of amides is 1. The number of ether oxygens (including phenoxy) is 1. The monoisotopic (exact) mass is 449 g/mol. The van der Waals surface area contributed by atoms with Crippen molar-refractivity contribution in [3.8, 4) is 11.5 Å². The summed E-state index contributed by atoms with van der Waals surface area (Å²) in [6.45, 7) is 7.75. The molecule has 168 valence electrons. The Morgan fingerprint density at radius 2 is 1.97 bits per heavy atom. The fourth-order valence-corrected chi connectivity index (χ4v) is 4.11. The minimum absolute atomic E-state index is 0. The first-order valence-electron chi connectivity index (χ1n) is 10.4. The van der Waals surface area contributed by atoms with Crippen LogP contribution in [-0.2, 0) is 0 Å². The van der Waals surface area contributed by atoms with Crippen LogP contribution in [0, 0.1) is 11.2 Å². The first-order chi connectivity index (χ1) is 14.4. The Kier molecular flexibility index (Phi) is 7.01. The molecule has 2 aliphatic heterocycles. The fourth-order valence-electron chi connectivity index (χ4n) is 4.11. The van der Waals surface area contributed by atoms with Gasteiger partial charge in [-0.2, -0.15) is 0 Å². The van der Waals surface area contributed by atoms with E-state index in [0.29, 0.717) is 22.7 Å². The van der Waals surface area contributed by atoms with Crippen molar-refractivity contribution in [1.29, 1.82) is 0 Å². The zero-order valence-corrected chi connectivity index (χ0v) is 18.9. The Bertz CT molecular complexity index is 928. The fraction of sp³-hybridized carbons (Fsp3) is 0.500. The lowest BCUT2D eigenvalue weighted by Gasteiger charge is -2.53. The third-order valence-corrected chi connectivity index (χ3v) is 6.16. The Labute approximate surface area is 188 Å². The molecule has 4 rings (SSSR count). The Morgan fingerprint density at radius 3 is 2.65 bits per heavy atom. The molecule has 9 heteroatoms. The molecule has 1 spiro atoms. The lowest BCUT2D eigenvalue weighted by atomic mass is 9.72. The summed E-state index contributed by atoms with van der Waals surface area (Å²) in [7, 11) is 1.69. The first kappa shape index (κ1) is 23.2. The van der Waals surface area contributed by atoms with Crippen LogP contribution < -0.4 is 15.0 Å². The highest BCUT2D eigenvalue weighted by atomic mass is 35.5. The largest absolute Gasteiger partial charge is 0.451 e. The van der Waals surface area contributed by atoms with Crippen LogP contribution in [-0.4, -0.2) is 60.0 Å². The molecular weight excluding hydrogens is 421 g/mol. The highest BCUT2D eigenvalue weighted by Gasteiger charge is 2.44. The SMILES string of the molecule is CC(C)N(C)C(=O)c1cc(F)ccc1Oc1cncnc1N1CC2(CCNCC2)C1.Cl. The standard InChI is InChI=1S/C22H28FN5O2.ClH/c1-15(2)27(3)21(29)17-10-16(23)4-5-18(17)30-19-11-25-14-26-20(19)28-12-22(13-28)6-8-24-9-7-22;/h4-5,10-11,14-15,24H,6-9,12-13H2,1-3H3;1H. The number of hydrogen-bond donors (Lipinski definition) is 1. The molecule has 0 unspecified atom stereocenters. The highest BCUT2D eigenvalue weighted by molar-refractivity contribution is 5.97. The third kappa shape index (κ3) is 4.75. The molecule has 2 aromatic rings. The van der Waals surface area contributed by atoms with E-state index in [-0.39, 0.29) is 29.9 Å². The van der Waals surface area contributed by atoms with E-state index < -0.39 is 5.82 Å². The van der Waals surface area contributed by atoms with Crippen molar-refractivity contribution in [2.45, 2.75) is 32.7 Å². The first-order valence-corrected chi connectivity index (χ1v) is 10.4. The second-order valence-corrected chi connectivity index (χ2v) is 8.57. The van der Waals surface area contributed by atoms with Gasteiger partial charge >= 0.3 is 0 Å². The maximum absolute atomic E-state index is 13.9. The van der Waals surface area contributed by atoms with Gasteiger partial charge in [0, 0.05) is 31.6 Å². The van der Waals surface area contributed by atoms with E-state index in [2.05, 4.69) is 20.2 Å². The predicted molar refractivity (Wildman–Crippen MR) is 120 cm³/mol. The normalized spacial score (nSPS) is 17.1. The third-order valence-electron chi connectivity index (χ3n) is 6.16. The van der Waals surface area contributed by atoms with E-state index in [0.717, 1.165) is 39.0 Å². The van der Waals surface area contributed by atoms with Gasteiger partial charge in [0.15, 0.2) is 11.6 Å². The number of halogens is 2. The number of carbonyl (C=O) groups excluding carboxylic acids is 1. The second-order valence-electron chi connectivity index (χ2n) is 8.57. The molecular formula is C22H29ClFN5O2. The topological polar surface area (TPSA) is 70.6 Å². The van der Waals surface area contributed by atoms with Gasteiger partial charge in [0.2, 0.25) is 0 Å². The summed E-state index contributed by atoms with van der Waals surface area (Å²) >= 11 is 0. The van der Waals surface area contributed by atoms with E-state index in [1.165, 1.54) is 24.5 Å². The molecule has 7 nitrogen and oxygen atoms in total. The average molecular weight is 450 g/mol. The molecule has 1 aromatic heterocycles. The molecule has 2 fully saturated rings. The van der Waals surface area contributed by atoms with E-state index >= 15 is 0 Å². The zero-order valence-electron chi connectivity index (χ0n) is 18.1. The summed E-state index contributed by atoms with van der Waals surface area (Å²) < 4.78 is 20.0. The smallest absolute Gasteiger partial charge is 0.257 e. The summed E-state index contributed by atoms with van der Waals surface area (Å²) in [5.41, 5.74) is 0.518. The van der Waals surface area contributed by atoms with E-state index in [9.17, 15) is 9.18 Å². The van der Waals surface area contributed by atoms with Gasteiger partial charge in [-0.15, -0.1) is 12.4 Å². The van der Waals surface area contributed by atoms with Crippen molar-refractivity contribution in [2.75, 3.05) is 38.1 Å². The molecule has 1 N–H and O–H groups in total. The van der Waals surface area contributed by atoms with Gasteiger partial charge in [-0.05, 0) is 58.0 Å². The number of anilines is 1. The van der Waals surface area contributed by atoms with Gasteiger partial charge in [0.1, 0.15) is 17.9 Å². The number of aromatic nitrogens is 2. The summed E-state index contributed by atoms with van der Waals surface area (Å²) in [6.07, 6.45) is 5.41. The molecule has 2 aliphatic rings. The van der Waals surface area contributed by atoms with Crippen LogP contribution in [0.1, 0.15) is 37.0 Å². The molecule has 2 saturated heterocycles. The molecule has 0 atom stereocenters. The van der Waals surface area contributed by atoms with Gasteiger partial charge in [0.05, 0.1) is 11.8 Å². The predicted octanol–water partition coefficient (Wildman–Crippen LogP) is 3.50. The van der Waals surface area contributed by atoms with Crippen LogP contribution in [0.15, 0.2) is 30.7 Å². The van der Waals surface area contributed by atoms with Crippen LogP contribution >= 0.6 is 12.4 Å². The van der Waals surface area contributed by atoms with Crippen LogP contribution in [0.5, 0.6) is 11.5 Å². The summed E-state index contributed by atoms with van der Waals surface area (Å²) in [6, 6.07) is 3.97.